The van der Waals surface area contributed by atoms with Gasteiger partial charge in [-0.25, -0.2) is 4.39 Å². The van der Waals surface area contributed by atoms with E-state index in [4.69, 9.17) is 14.2 Å². The zero-order chi connectivity index (χ0) is 19.8. The van der Waals surface area contributed by atoms with Crippen molar-refractivity contribution in [3.05, 3.63) is 59.4 Å². The number of rotatable bonds is 7. The summed E-state index contributed by atoms with van der Waals surface area (Å²) < 4.78 is 28.8. The van der Waals surface area contributed by atoms with Gasteiger partial charge in [0, 0.05) is 6.08 Å². The molecule has 0 aromatic heterocycles. The Balaban J connectivity index is 2.16. The molecule has 0 fully saturated rings. The maximum Gasteiger partial charge on any atom is 0.245 e. The van der Waals surface area contributed by atoms with E-state index in [9.17, 15) is 14.4 Å². The van der Waals surface area contributed by atoms with E-state index in [0.717, 1.165) is 0 Å². The van der Waals surface area contributed by atoms with E-state index in [-0.39, 0.29) is 0 Å². The summed E-state index contributed by atoms with van der Waals surface area (Å²) in [6.45, 7) is 0. The molecular formula is C20H19FN2O4. The largest absolute Gasteiger partial charge is 0.493 e. The van der Waals surface area contributed by atoms with Crippen LogP contribution in [0.4, 0.5) is 4.39 Å². The van der Waals surface area contributed by atoms with Crippen LogP contribution in [0.5, 0.6) is 17.2 Å². The van der Waals surface area contributed by atoms with E-state index in [1.165, 1.54) is 51.7 Å². The second-order valence-electron chi connectivity index (χ2n) is 5.41. The number of carbonyl (C=O) groups excluding carboxylic acids is 1. The first-order valence-electron chi connectivity index (χ1n) is 7.96. The molecule has 2 aromatic rings. The van der Waals surface area contributed by atoms with Gasteiger partial charge in [0.15, 0.2) is 11.5 Å². The number of ether oxygens (including phenoxy) is 3. The number of nitrogens with one attached hydrogen (secondary N) is 1. The zero-order valence-electron chi connectivity index (χ0n) is 15.2. The number of methoxy groups -OCH3 is 3. The van der Waals surface area contributed by atoms with Crippen LogP contribution in [0.1, 0.15) is 17.2 Å². The number of nitrogens with zero attached hydrogens (tertiary/aromatic N) is 1. The SMILES string of the molecule is COc1cc(/C=C/C(=O)N[C@H](C#N)c2ccc(F)cc2)cc(OC)c1OC. The quantitative estimate of drug-likeness (QED) is 0.757. The lowest BCUT2D eigenvalue weighted by Crippen LogP contribution is -2.25. The Kier molecular flexibility index (Phi) is 6.78. The van der Waals surface area contributed by atoms with Gasteiger partial charge in [-0.2, -0.15) is 5.26 Å². The Bertz CT molecular complexity index is 848. The first kappa shape index (κ1) is 19.8. The molecule has 0 bridgehead atoms. The summed E-state index contributed by atoms with van der Waals surface area (Å²) in [5, 5.41) is 11.8. The van der Waals surface area contributed by atoms with Crippen LogP contribution in [-0.4, -0.2) is 27.2 Å². The summed E-state index contributed by atoms with van der Waals surface area (Å²) in [5.74, 6) is 0.474. The number of nitriles is 1. The third-order valence-corrected chi connectivity index (χ3v) is 3.73. The van der Waals surface area contributed by atoms with Crippen molar-refractivity contribution >= 4 is 12.0 Å². The maximum absolute atomic E-state index is 13.0. The van der Waals surface area contributed by atoms with Crippen molar-refractivity contribution in [3.63, 3.8) is 0 Å². The highest BCUT2D eigenvalue weighted by molar-refractivity contribution is 5.92. The number of hydrogen-bond donors (Lipinski definition) is 1. The maximum atomic E-state index is 13.0. The second kappa shape index (κ2) is 9.25. The topological polar surface area (TPSA) is 80.6 Å². The lowest BCUT2D eigenvalue weighted by Gasteiger charge is -2.13. The van der Waals surface area contributed by atoms with Gasteiger partial charge >= 0.3 is 0 Å². The van der Waals surface area contributed by atoms with E-state index in [1.54, 1.807) is 18.2 Å². The average molecular weight is 370 g/mol. The minimum absolute atomic E-state index is 0.413. The minimum atomic E-state index is -0.886. The molecule has 1 amide bonds. The van der Waals surface area contributed by atoms with Crippen LogP contribution in [0.25, 0.3) is 6.08 Å². The molecule has 0 aliphatic rings. The van der Waals surface area contributed by atoms with Crippen molar-refractivity contribution in [3.8, 4) is 23.3 Å². The van der Waals surface area contributed by atoms with E-state index >= 15 is 0 Å². The Morgan fingerprint density at radius 1 is 1.11 bits per heavy atom. The molecular weight excluding hydrogens is 351 g/mol. The van der Waals surface area contributed by atoms with Crippen LogP contribution in [0.15, 0.2) is 42.5 Å². The van der Waals surface area contributed by atoms with Gasteiger partial charge in [0.05, 0.1) is 27.4 Å². The highest BCUT2D eigenvalue weighted by atomic mass is 19.1. The predicted molar refractivity (Wildman–Crippen MR) is 98.0 cm³/mol. The fourth-order valence-corrected chi connectivity index (χ4v) is 2.41. The van der Waals surface area contributed by atoms with Crippen molar-refractivity contribution in [2.24, 2.45) is 0 Å². The predicted octanol–water partition coefficient (Wildman–Crippen LogP) is 3.25. The molecule has 0 saturated carbocycles. The van der Waals surface area contributed by atoms with E-state index in [1.807, 2.05) is 6.07 Å². The van der Waals surface area contributed by atoms with Gasteiger partial charge in [-0.05, 0) is 41.5 Å². The van der Waals surface area contributed by atoms with Crippen molar-refractivity contribution < 1.29 is 23.4 Å². The summed E-state index contributed by atoms with van der Waals surface area (Å²) in [6.07, 6.45) is 2.84. The van der Waals surface area contributed by atoms with E-state index in [0.29, 0.717) is 28.4 Å². The van der Waals surface area contributed by atoms with E-state index < -0.39 is 17.8 Å². The number of amides is 1. The molecule has 1 N–H and O–H groups in total. The van der Waals surface area contributed by atoms with Crippen LogP contribution in [0.2, 0.25) is 0 Å². The van der Waals surface area contributed by atoms with Crippen molar-refractivity contribution in [1.29, 1.82) is 5.26 Å². The van der Waals surface area contributed by atoms with Crippen LogP contribution < -0.4 is 19.5 Å². The van der Waals surface area contributed by atoms with Crippen molar-refractivity contribution in [2.75, 3.05) is 21.3 Å². The summed E-state index contributed by atoms with van der Waals surface area (Å²) in [4.78, 5) is 12.1. The van der Waals surface area contributed by atoms with Gasteiger partial charge in [-0.1, -0.05) is 12.1 Å². The summed E-state index contributed by atoms with van der Waals surface area (Å²) in [6, 6.07) is 9.83. The van der Waals surface area contributed by atoms with Gasteiger partial charge in [0.2, 0.25) is 11.7 Å². The third kappa shape index (κ3) is 4.98. The van der Waals surface area contributed by atoms with Gasteiger partial charge in [0.1, 0.15) is 11.9 Å². The van der Waals surface area contributed by atoms with Crippen molar-refractivity contribution in [2.45, 2.75) is 6.04 Å². The lowest BCUT2D eigenvalue weighted by molar-refractivity contribution is -0.116. The summed E-state index contributed by atoms with van der Waals surface area (Å²) in [5.41, 5.74) is 1.14. The van der Waals surface area contributed by atoms with Gasteiger partial charge in [-0.3, -0.25) is 4.79 Å². The number of halogens is 1. The van der Waals surface area contributed by atoms with Crippen LogP contribution in [-0.2, 0) is 4.79 Å². The molecule has 2 aromatic carbocycles. The number of benzene rings is 2. The molecule has 7 heteroatoms. The molecule has 0 spiro atoms. The molecule has 140 valence electrons. The Morgan fingerprint density at radius 3 is 2.19 bits per heavy atom. The first-order valence-corrected chi connectivity index (χ1v) is 7.96. The molecule has 1 atom stereocenters. The molecule has 0 radical (unpaired) electrons. The zero-order valence-corrected chi connectivity index (χ0v) is 15.2. The summed E-state index contributed by atoms with van der Waals surface area (Å²) in [7, 11) is 4.50. The monoisotopic (exact) mass is 370 g/mol. The average Bonchev–Trinajstić information content (AvgIpc) is 2.70. The van der Waals surface area contributed by atoms with Crippen molar-refractivity contribution in [1.82, 2.24) is 5.32 Å². The van der Waals surface area contributed by atoms with Gasteiger partial charge in [0.25, 0.3) is 0 Å². The molecule has 0 unspecified atom stereocenters. The smallest absolute Gasteiger partial charge is 0.245 e. The normalized spacial score (nSPS) is 11.5. The molecule has 27 heavy (non-hydrogen) atoms. The molecule has 0 saturated heterocycles. The second-order valence-corrected chi connectivity index (χ2v) is 5.41. The molecule has 0 aliphatic carbocycles. The van der Waals surface area contributed by atoms with Crippen LogP contribution in [0, 0.1) is 17.1 Å². The van der Waals surface area contributed by atoms with Gasteiger partial charge < -0.3 is 19.5 Å². The fourth-order valence-electron chi connectivity index (χ4n) is 2.41. The molecule has 2 rings (SSSR count). The van der Waals surface area contributed by atoms with Crippen LogP contribution in [0.3, 0.4) is 0 Å². The first-order chi connectivity index (χ1) is 13.0. The Hall–Kier alpha value is -3.53. The Labute approximate surface area is 156 Å². The molecule has 0 heterocycles. The van der Waals surface area contributed by atoms with Crippen LogP contribution >= 0.6 is 0 Å². The van der Waals surface area contributed by atoms with Gasteiger partial charge in [-0.15, -0.1) is 0 Å². The highest BCUT2D eigenvalue weighted by Gasteiger charge is 2.14. The standard InChI is InChI=1S/C20H19FN2O4/c1-25-17-10-13(11-18(26-2)20(17)27-3)4-9-19(24)23-16(12-22)14-5-7-15(21)8-6-14/h4-11,16H,1-3H3,(H,23,24)/b9-4+/t16-/m1/s1. The highest BCUT2D eigenvalue weighted by Crippen LogP contribution is 2.38. The molecule has 0 aliphatic heterocycles. The third-order valence-electron chi connectivity index (χ3n) is 3.73. The number of carbonyl (C=O) groups is 1. The number of hydrogen-bond acceptors (Lipinski definition) is 5. The Morgan fingerprint density at radius 2 is 1.70 bits per heavy atom. The lowest BCUT2D eigenvalue weighted by atomic mass is 10.1. The minimum Gasteiger partial charge on any atom is -0.493 e. The molecule has 6 nitrogen and oxygen atoms in total. The fraction of sp³-hybridized carbons (Fsp3) is 0.200. The summed E-state index contributed by atoms with van der Waals surface area (Å²) >= 11 is 0. The van der Waals surface area contributed by atoms with E-state index in [2.05, 4.69) is 5.32 Å².